The van der Waals surface area contributed by atoms with E-state index in [0.717, 1.165) is 17.0 Å². The Kier molecular flexibility index (Phi) is 4.37. The second-order valence-electron chi connectivity index (χ2n) is 5.98. The molecule has 0 radical (unpaired) electrons. The average molecular weight is 289 g/mol. The fourth-order valence-electron chi connectivity index (χ4n) is 2.69. The second kappa shape index (κ2) is 5.90. The molecule has 3 unspecified atom stereocenters. The predicted molar refractivity (Wildman–Crippen MR) is 83.6 cm³/mol. The summed E-state index contributed by atoms with van der Waals surface area (Å²) in [6, 6.07) is 7.12. The van der Waals surface area contributed by atoms with Crippen molar-refractivity contribution in [2.24, 2.45) is 5.92 Å². The Hall–Kier alpha value is -1.81. The van der Waals surface area contributed by atoms with Crippen LogP contribution >= 0.6 is 0 Å². The quantitative estimate of drug-likeness (QED) is 0.837. The molecule has 0 saturated heterocycles. The summed E-state index contributed by atoms with van der Waals surface area (Å²) in [4.78, 5) is 12.2. The first-order chi connectivity index (χ1) is 9.84. The molecule has 4 heteroatoms. The summed E-state index contributed by atoms with van der Waals surface area (Å²) in [5.41, 5.74) is 0.489. The molecule has 1 aliphatic carbocycles. The lowest BCUT2D eigenvalue weighted by Crippen LogP contribution is -2.55. The number of allylic oxidation sites excluding steroid dienone is 1. The highest BCUT2D eigenvalue weighted by atomic mass is 16.5. The van der Waals surface area contributed by atoms with Gasteiger partial charge in [-0.2, -0.15) is 0 Å². The van der Waals surface area contributed by atoms with Crippen LogP contribution in [0.4, 0.5) is 5.69 Å². The first kappa shape index (κ1) is 15.6. The molecule has 1 fully saturated rings. The lowest BCUT2D eigenvalue weighted by atomic mass is 9.73. The first-order valence-electron chi connectivity index (χ1n) is 7.16. The van der Waals surface area contributed by atoms with Gasteiger partial charge in [0.25, 0.3) is 0 Å². The topological polar surface area (TPSA) is 58.6 Å². The Balaban J connectivity index is 2.17. The monoisotopic (exact) mass is 289 g/mol. The number of ketones is 1. The minimum absolute atomic E-state index is 0.119. The van der Waals surface area contributed by atoms with Crippen LogP contribution in [0.2, 0.25) is 0 Å². The number of benzene rings is 1. The Bertz CT molecular complexity index is 533. The van der Waals surface area contributed by atoms with Gasteiger partial charge in [0.2, 0.25) is 0 Å². The summed E-state index contributed by atoms with van der Waals surface area (Å²) < 4.78 is 5.12. The average Bonchev–Trinajstić information content (AvgIpc) is 2.44. The van der Waals surface area contributed by atoms with E-state index in [2.05, 4.69) is 11.9 Å². The molecule has 114 valence electrons. The van der Waals surface area contributed by atoms with Gasteiger partial charge in [0.05, 0.1) is 13.2 Å². The van der Waals surface area contributed by atoms with Crippen LogP contribution in [-0.4, -0.2) is 29.6 Å². The van der Waals surface area contributed by atoms with Gasteiger partial charge in [-0.1, -0.05) is 12.2 Å². The molecule has 0 spiro atoms. The molecule has 0 amide bonds. The number of ether oxygens (including phenoxy) is 1. The van der Waals surface area contributed by atoms with E-state index in [0.29, 0.717) is 12.8 Å². The van der Waals surface area contributed by atoms with E-state index in [1.807, 2.05) is 31.2 Å². The number of carbonyl (C=O) groups is 1. The molecule has 2 rings (SSSR count). The number of anilines is 1. The minimum Gasteiger partial charge on any atom is -0.497 e. The van der Waals surface area contributed by atoms with Gasteiger partial charge >= 0.3 is 0 Å². The number of methoxy groups -OCH3 is 1. The summed E-state index contributed by atoms with van der Waals surface area (Å²) in [6.07, 6.45) is 1.06. The smallest absolute Gasteiger partial charge is 0.166 e. The van der Waals surface area contributed by atoms with Gasteiger partial charge in [-0.25, -0.2) is 0 Å². The zero-order chi connectivity index (χ0) is 15.6. The molecule has 0 bridgehead atoms. The Morgan fingerprint density at radius 1 is 1.43 bits per heavy atom. The van der Waals surface area contributed by atoms with Crippen LogP contribution < -0.4 is 10.1 Å². The molecule has 1 saturated carbocycles. The van der Waals surface area contributed by atoms with Crippen molar-refractivity contribution < 1.29 is 14.6 Å². The highest BCUT2D eigenvalue weighted by Gasteiger charge is 2.45. The maximum absolute atomic E-state index is 12.2. The Labute approximate surface area is 125 Å². The molecule has 4 nitrogen and oxygen atoms in total. The van der Waals surface area contributed by atoms with E-state index in [1.165, 1.54) is 0 Å². The molecule has 1 aliphatic rings. The van der Waals surface area contributed by atoms with E-state index in [-0.39, 0.29) is 17.7 Å². The van der Waals surface area contributed by atoms with Crippen molar-refractivity contribution in [2.45, 2.75) is 38.3 Å². The van der Waals surface area contributed by atoms with E-state index in [1.54, 1.807) is 14.0 Å². The van der Waals surface area contributed by atoms with Crippen LogP contribution in [0.1, 0.15) is 26.7 Å². The lowest BCUT2D eigenvalue weighted by Gasteiger charge is -2.40. The van der Waals surface area contributed by atoms with Crippen LogP contribution in [0.5, 0.6) is 5.75 Å². The van der Waals surface area contributed by atoms with Crippen molar-refractivity contribution in [1.29, 1.82) is 0 Å². The number of hydrogen-bond acceptors (Lipinski definition) is 4. The molecule has 3 atom stereocenters. The molecule has 0 aliphatic heterocycles. The zero-order valence-electron chi connectivity index (χ0n) is 12.8. The standard InChI is InChI=1S/C17H23NO3/c1-11(2)12-9-15(17(3,20)16(19)10-12)18-13-5-7-14(21-4)8-6-13/h5-8,12,15,18,20H,1,9-10H2,2-4H3. The van der Waals surface area contributed by atoms with Gasteiger partial charge in [-0.3, -0.25) is 4.79 Å². The molecule has 2 N–H and O–H groups in total. The summed E-state index contributed by atoms with van der Waals surface area (Å²) in [7, 11) is 1.62. The molecule has 0 heterocycles. The van der Waals surface area contributed by atoms with Gasteiger partial charge in [0, 0.05) is 12.1 Å². The lowest BCUT2D eigenvalue weighted by molar-refractivity contribution is -0.141. The third-order valence-corrected chi connectivity index (χ3v) is 4.32. The van der Waals surface area contributed by atoms with Crippen molar-refractivity contribution in [2.75, 3.05) is 12.4 Å². The van der Waals surface area contributed by atoms with Gasteiger partial charge in [0.15, 0.2) is 5.78 Å². The number of Topliss-reactive ketones (excluding diaryl/α,β-unsaturated/α-hetero) is 1. The van der Waals surface area contributed by atoms with Gasteiger partial charge in [0.1, 0.15) is 11.4 Å². The summed E-state index contributed by atoms with van der Waals surface area (Å²) in [6.45, 7) is 7.47. The van der Waals surface area contributed by atoms with Crippen LogP contribution in [0.15, 0.2) is 36.4 Å². The summed E-state index contributed by atoms with van der Waals surface area (Å²) in [5.74, 6) is 0.757. The SMILES string of the molecule is C=C(C)C1CC(=O)C(C)(O)C(Nc2ccc(OC)cc2)C1. The van der Waals surface area contributed by atoms with Gasteiger partial charge < -0.3 is 15.2 Å². The van der Waals surface area contributed by atoms with E-state index < -0.39 is 5.60 Å². The maximum Gasteiger partial charge on any atom is 0.166 e. The van der Waals surface area contributed by atoms with Crippen molar-refractivity contribution in [3.63, 3.8) is 0 Å². The minimum atomic E-state index is -1.36. The molecule has 1 aromatic rings. The fraction of sp³-hybridized carbons (Fsp3) is 0.471. The van der Waals surface area contributed by atoms with Crippen molar-refractivity contribution in [3.05, 3.63) is 36.4 Å². The van der Waals surface area contributed by atoms with Crippen LogP contribution in [0.3, 0.4) is 0 Å². The summed E-state index contributed by atoms with van der Waals surface area (Å²) in [5, 5.41) is 13.8. The van der Waals surface area contributed by atoms with Crippen molar-refractivity contribution in [3.8, 4) is 5.75 Å². The van der Waals surface area contributed by atoms with Gasteiger partial charge in [-0.15, -0.1) is 0 Å². The van der Waals surface area contributed by atoms with E-state index in [4.69, 9.17) is 4.74 Å². The summed E-state index contributed by atoms with van der Waals surface area (Å²) >= 11 is 0. The number of nitrogens with one attached hydrogen (secondary N) is 1. The van der Waals surface area contributed by atoms with Gasteiger partial charge in [-0.05, 0) is 50.5 Å². The first-order valence-corrected chi connectivity index (χ1v) is 7.16. The maximum atomic E-state index is 12.2. The molecular formula is C17H23NO3. The van der Waals surface area contributed by atoms with Crippen LogP contribution in [-0.2, 0) is 4.79 Å². The van der Waals surface area contributed by atoms with Crippen molar-refractivity contribution >= 4 is 11.5 Å². The number of rotatable bonds is 4. The number of carbonyl (C=O) groups excluding carboxylic acids is 1. The van der Waals surface area contributed by atoms with Crippen LogP contribution in [0.25, 0.3) is 0 Å². The Morgan fingerprint density at radius 3 is 2.57 bits per heavy atom. The second-order valence-corrected chi connectivity index (χ2v) is 5.98. The molecule has 0 aromatic heterocycles. The zero-order valence-corrected chi connectivity index (χ0v) is 12.8. The molecule has 1 aromatic carbocycles. The highest BCUT2D eigenvalue weighted by molar-refractivity contribution is 5.89. The Morgan fingerprint density at radius 2 is 2.05 bits per heavy atom. The largest absolute Gasteiger partial charge is 0.497 e. The third-order valence-electron chi connectivity index (χ3n) is 4.32. The molecule has 21 heavy (non-hydrogen) atoms. The fourth-order valence-corrected chi connectivity index (χ4v) is 2.69. The van der Waals surface area contributed by atoms with Crippen LogP contribution in [0, 0.1) is 5.92 Å². The molecular weight excluding hydrogens is 266 g/mol. The van der Waals surface area contributed by atoms with Crippen molar-refractivity contribution in [1.82, 2.24) is 0 Å². The highest BCUT2D eigenvalue weighted by Crippen LogP contribution is 2.34. The number of hydrogen-bond donors (Lipinski definition) is 2. The third kappa shape index (κ3) is 3.27. The van der Waals surface area contributed by atoms with E-state index >= 15 is 0 Å². The predicted octanol–water partition coefficient (Wildman–Crippen LogP) is 2.78. The number of aliphatic hydroxyl groups is 1. The normalized spacial score (nSPS) is 29.0. The van der Waals surface area contributed by atoms with E-state index in [9.17, 15) is 9.90 Å².